The van der Waals surface area contributed by atoms with Crippen molar-refractivity contribution in [3.05, 3.63) is 53.9 Å². The lowest BCUT2D eigenvalue weighted by Gasteiger charge is -2.50. The first kappa shape index (κ1) is 22.8. The summed E-state index contributed by atoms with van der Waals surface area (Å²) in [4.78, 5) is 53.9. The number of nitrogens with one attached hydrogen (secondary N) is 2. The Kier molecular flexibility index (Phi) is 5.86. The van der Waals surface area contributed by atoms with E-state index < -0.39 is 35.2 Å². The first-order valence-electron chi connectivity index (χ1n) is 10.3. The summed E-state index contributed by atoms with van der Waals surface area (Å²) in [5.41, 5.74) is 6.75. The van der Waals surface area contributed by atoms with E-state index in [9.17, 15) is 24.3 Å². The van der Waals surface area contributed by atoms with Crippen molar-refractivity contribution in [1.82, 2.24) is 29.3 Å². The van der Waals surface area contributed by atoms with Crippen LogP contribution in [-0.4, -0.2) is 60.0 Å². The summed E-state index contributed by atoms with van der Waals surface area (Å²) in [7, 11) is 0. The molecule has 1 unspecified atom stereocenters. The van der Waals surface area contributed by atoms with Gasteiger partial charge in [0.15, 0.2) is 17.0 Å². The Morgan fingerprint density at radius 2 is 2.20 bits per heavy atom. The maximum atomic E-state index is 13.0. The average molecular weight is 515 g/mol. The van der Waals surface area contributed by atoms with Gasteiger partial charge in [-0.2, -0.15) is 4.37 Å². The zero-order valence-corrected chi connectivity index (χ0v) is 19.5. The fourth-order valence-electron chi connectivity index (χ4n) is 4.11. The zero-order valence-electron chi connectivity index (χ0n) is 17.9. The molecule has 15 heteroatoms. The largest absolute Gasteiger partial charge is 0.543 e. The molecule has 180 valence electrons. The molecule has 5 rings (SSSR count). The maximum Gasteiger partial charge on any atom is 0.286 e. The summed E-state index contributed by atoms with van der Waals surface area (Å²) in [6.45, 7) is 0.257. The third-order valence-corrected chi connectivity index (χ3v) is 7.58. The van der Waals surface area contributed by atoms with E-state index >= 15 is 0 Å². The summed E-state index contributed by atoms with van der Waals surface area (Å²) >= 11 is 2.19. The van der Waals surface area contributed by atoms with Gasteiger partial charge in [-0.1, -0.05) is 6.07 Å². The monoisotopic (exact) mass is 514 g/mol. The molecule has 3 atom stereocenters. The Morgan fingerprint density at radius 1 is 1.37 bits per heavy atom. The van der Waals surface area contributed by atoms with Crippen molar-refractivity contribution in [2.75, 3.05) is 11.5 Å². The lowest BCUT2D eigenvalue weighted by atomic mass is 10.0. The second kappa shape index (κ2) is 8.99. The summed E-state index contributed by atoms with van der Waals surface area (Å²) < 4.78 is 7.71. The molecule has 0 aromatic carbocycles. The fraction of sp³-hybridized carbons (Fsp3) is 0.250. The molecule has 1 saturated heterocycles. The van der Waals surface area contributed by atoms with E-state index in [0.717, 1.165) is 22.1 Å². The highest BCUT2D eigenvalue weighted by molar-refractivity contribution is 8.00. The van der Waals surface area contributed by atoms with Crippen LogP contribution in [0.25, 0.3) is 5.65 Å². The topological polar surface area (TPSA) is 179 Å². The van der Waals surface area contributed by atoms with Gasteiger partial charge in [0.05, 0.1) is 17.9 Å². The lowest BCUT2D eigenvalue weighted by molar-refractivity contribution is -0.662. The molecule has 3 aromatic rings. The van der Waals surface area contributed by atoms with E-state index in [1.165, 1.54) is 11.8 Å². The number of carboxylic acids is 1. The van der Waals surface area contributed by atoms with Crippen LogP contribution in [0.1, 0.15) is 11.9 Å². The number of nitrogens with two attached hydrogens (primary N) is 1. The van der Waals surface area contributed by atoms with Crippen LogP contribution in [0.4, 0.5) is 5.13 Å². The molecule has 13 nitrogen and oxygen atoms in total. The minimum atomic E-state index is -1.46. The van der Waals surface area contributed by atoms with Gasteiger partial charge in [0.1, 0.15) is 30.4 Å². The number of nitrogens with zero attached hydrogens (tertiary/aromatic N) is 5. The summed E-state index contributed by atoms with van der Waals surface area (Å²) in [5, 5.41) is 16.4. The number of carbonyl (C=O) groups is 4. The number of thioether (sulfide) groups is 1. The molecule has 0 radical (unpaired) electrons. The summed E-state index contributed by atoms with van der Waals surface area (Å²) in [6.07, 6.45) is 5.87. The summed E-state index contributed by atoms with van der Waals surface area (Å²) in [6, 6.07) is 3.42. The second-order valence-corrected chi connectivity index (χ2v) is 9.62. The van der Waals surface area contributed by atoms with E-state index in [1.807, 2.05) is 45.8 Å². The molecule has 0 spiro atoms. The van der Waals surface area contributed by atoms with Crippen LogP contribution in [0.5, 0.6) is 0 Å². The Bertz CT molecular complexity index is 1380. The lowest BCUT2D eigenvalue weighted by Crippen LogP contribution is -2.71. The van der Waals surface area contributed by atoms with Gasteiger partial charge in [-0.05, 0) is 6.07 Å². The molecule has 1 fully saturated rings. The van der Waals surface area contributed by atoms with Crippen molar-refractivity contribution >= 4 is 58.3 Å². The third-order valence-electron chi connectivity index (χ3n) is 5.68. The molecule has 0 saturated carbocycles. The van der Waals surface area contributed by atoms with Gasteiger partial charge < -0.3 is 26.3 Å². The van der Waals surface area contributed by atoms with Gasteiger partial charge in [-0.25, -0.2) is 14.0 Å². The Morgan fingerprint density at radius 3 is 2.91 bits per heavy atom. The smallest absolute Gasteiger partial charge is 0.286 e. The van der Waals surface area contributed by atoms with E-state index in [2.05, 4.69) is 20.0 Å². The van der Waals surface area contributed by atoms with Crippen molar-refractivity contribution in [2.24, 2.45) is 0 Å². The SMILES string of the molecule is Nc1nc(C(NC=O)C(=O)N[C@@H]2C(=O)N3C(C(=O)[O-])=C(C[n+]4ccn5ccccc54)CS[C@H]23)ns1. The number of pyridine rings is 1. The number of rotatable bonds is 8. The molecule has 2 aliphatic rings. The van der Waals surface area contributed by atoms with Gasteiger partial charge in [-0.15, -0.1) is 11.8 Å². The van der Waals surface area contributed by atoms with Gasteiger partial charge >= 0.3 is 0 Å². The standard InChI is InChI=1S/C20H18N8O5S2/c21-20-24-15(25-35-20)12(22-9-29)16(30)23-13-17(31)28-14(19(32)33)10(8-34-18(13)28)7-27-6-5-26-4-2-1-3-11(26)27/h1-6,9,12-13,18H,7-8H2,(H4-,21,22,23,24,25,29,30,32,33)/t12?,13-,18-/m1/s1. The second-order valence-electron chi connectivity index (χ2n) is 7.74. The highest BCUT2D eigenvalue weighted by Crippen LogP contribution is 2.40. The number of carbonyl (C=O) groups excluding carboxylic acids is 4. The number of β-lactam (4-membered cyclic amide) rings is 1. The van der Waals surface area contributed by atoms with Crippen LogP contribution >= 0.6 is 23.3 Å². The number of hydrogen-bond acceptors (Lipinski definition) is 10. The van der Waals surface area contributed by atoms with Gasteiger partial charge in [0, 0.05) is 28.9 Å². The number of anilines is 1. The van der Waals surface area contributed by atoms with Gasteiger partial charge in [0.25, 0.3) is 17.5 Å². The molecular formula is C20H18N8O5S2. The maximum absolute atomic E-state index is 13.0. The molecule has 4 N–H and O–H groups in total. The van der Waals surface area contributed by atoms with Crippen LogP contribution in [0.3, 0.4) is 0 Å². The molecular weight excluding hydrogens is 496 g/mol. The Hall–Kier alpha value is -3.98. The molecule has 5 heterocycles. The van der Waals surface area contributed by atoms with Crippen LogP contribution in [0.15, 0.2) is 48.1 Å². The van der Waals surface area contributed by atoms with Crippen molar-refractivity contribution in [2.45, 2.75) is 24.0 Å². The number of aliphatic carboxylic acids is 1. The molecule has 0 aliphatic carbocycles. The number of hydrogen-bond donors (Lipinski definition) is 3. The molecule has 0 bridgehead atoms. The predicted octanol–water partition coefficient (Wildman–Crippen LogP) is -2.45. The van der Waals surface area contributed by atoms with Gasteiger partial charge in [0.2, 0.25) is 6.41 Å². The Balaban J connectivity index is 1.36. The molecule has 2 aliphatic heterocycles. The normalized spacial score (nSPS) is 20.2. The quantitative estimate of drug-likeness (QED) is 0.167. The minimum Gasteiger partial charge on any atom is -0.543 e. The van der Waals surface area contributed by atoms with E-state index in [4.69, 9.17) is 5.73 Å². The number of amides is 3. The first-order valence-corrected chi connectivity index (χ1v) is 12.1. The van der Waals surface area contributed by atoms with Crippen LogP contribution in [0.2, 0.25) is 0 Å². The molecule has 35 heavy (non-hydrogen) atoms. The number of imidazole rings is 1. The van der Waals surface area contributed by atoms with E-state index in [0.29, 0.717) is 17.7 Å². The summed E-state index contributed by atoms with van der Waals surface area (Å²) in [5.74, 6) is -2.45. The number of carboxylic acid groups (broad SMARTS) is 1. The third kappa shape index (κ3) is 3.97. The zero-order chi connectivity index (χ0) is 24.7. The van der Waals surface area contributed by atoms with Crippen molar-refractivity contribution < 1.29 is 28.9 Å². The highest BCUT2D eigenvalue weighted by atomic mass is 32.2. The van der Waals surface area contributed by atoms with Crippen LogP contribution in [-0.2, 0) is 25.7 Å². The van der Waals surface area contributed by atoms with Crippen LogP contribution in [0, 0.1) is 0 Å². The average Bonchev–Trinajstić information content (AvgIpc) is 3.46. The van der Waals surface area contributed by atoms with E-state index in [-0.39, 0.29) is 23.2 Å². The number of aromatic nitrogens is 4. The molecule has 3 aromatic heterocycles. The van der Waals surface area contributed by atoms with Gasteiger partial charge in [-0.3, -0.25) is 19.3 Å². The van der Waals surface area contributed by atoms with Crippen molar-refractivity contribution in [3.63, 3.8) is 0 Å². The molecule has 3 amide bonds. The number of nitrogen functional groups attached to an aromatic ring is 1. The van der Waals surface area contributed by atoms with Crippen molar-refractivity contribution in [1.29, 1.82) is 0 Å². The first-order chi connectivity index (χ1) is 16.9. The minimum absolute atomic E-state index is 0.00791. The van der Waals surface area contributed by atoms with E-state index in [1.54, 1.807) is 0 Å². The predicted molar refractivity (Wildman–Crippen MR) is 121 cm³/mol. The Labute approximate surface area is 205 Å². The van der Waals surface area contributed by atoms with Crippen molar-refractivity contribution in [3.8, 4) is 0 Å². The van der Waals surface area contributed by atoms with Crippen LogP contribution < -0.4 is 26.0 Å². The highest BCUT2D eigenvalue weighted by Gasteiger charge is 2.53. The number of fused-ring (bicyclic) bond motifs is 2. The fourth-order valence-corrected chi connectivity index (χ4v) is 5.92.